The number of carbonyl (C=O) groups is 1. The highest BCUT2D eigenvalue weighted by Gasteiger charge is 2.19. The molecule has 0 bridgehead atoms. The lowest BCUT2D eigenvalue weighted by Gasteiger charge is -2.20. The van der Waals surface area contributed by atoms with E-state index in [4.69, 9.17) is 15.2 Å². The molecule has 3 unspecified atom stereocenters. The van der Waals surface area contributed by atoms with Crippen LogP contribution in [0.5, 0.6) is 11.5 Å². The number of ether oxygens (including phenoxy) is 2. The monoisotopic (exact) mass is 330 g/mol. The minimum absolute atomic E-state index is 0. The Hall–Kier alpha value is -1.46. The Bertz CT molecular complexity index is 440. The van der Waals surface area contributed by atoms with E-state index in [0.717, 1.165) is 17.9 Å². The van der Waals surface area contributed by atoms with Gasteiger partial charge in [-0.3, -0.25) is 4.79 Å². The summed E-state index contributed by atoms with van der Waals surface area (Å²) in [6, 6.07) is 6.87. The molecular weight excluding hydrogens is 304 g/mol. The zero-order valence-electron chi connectivity index (χ0n) is 13.7. The molecule has 1 aromatic rings. The van der Waals surface area contributed by atoms with Crippen LogP contribution >= 0.6 is 12.4 Å². The number of hydrogen-bond donors (Lipinski definition) is 2. The summed E-state index contributed by atoms with van der Waals surface area (Å²) in [6.07, 6.45) is 0.749. The van der Waals surface area contributed by atoms with Crippen molar-refractivity contribution in [2.24, 2.45) is 11.7 Å². The number of carbonyl (C=O) groups excluding carboxylic acids is 1. The summed E-state index contributed by atoms with van der Waals surface area (Å²) >= 11 is 0. The maximum absolute atomic E-state index is 11.9. The molecule has 6 heteroatoms. The minimum Gasteiger partial charge on any atom is -0.497 e. The average Bonchev–Trinajstić information content (AvgIpc) is 2.51. The predicted molar refractivity (Wildman–Crippen MR) is 90.8 cm³/mol. The van der Waals surface area contributed by atoms with Gasteiger partial charge in [-0.2, -0.15) is 0 Å². The SMILES string of the molecule is CCC(C)C(N)C(=O)NCC(C)Oc1ccc(OC)cc1.Cl. The third kappa shape index (κ3) is 6.54. The van der Waals surface area contributed by atoms with Crippen LogP contribution in [0.2, 0.25) is 0 Å². The second kappa shape index (κ2) is 10.3. The van der Waals surface area contributed by atoms with Gasteiger partial charge in [0.2, 0.25) is 5.91 Å². The van der Waals surface area contributed by atoms with Crippen LogP contribution in [0.15, 0.2) is 24.3 Å². The molecule has 0 heterocycles. The molecule has 0 radical (unpaired) electrons. The first-order valence-corrected chi connectivity index (χ1v) is 7.31. The average molecular weight is 331 g/mol. The Balaban J connectivity index is 0.00000441. The second-order valence-electron chi connectivity index (χ2n) is 5.26. The Labute approximate surface area is 139 Å². The van der Waals surface area contributed by atoms with E-state index in [1.807, 2.05) is 45.0 Å². The lowest BCUT2D eigenvalue weighted by atomic mass is 9.99. The molecule has 5 nitrogen and oxygen atoms in total. The Morgan fingerprint density at radius 1 is 1.23 bits per heavy atom. The van der Waals surface area contributed by atoms with Gasteiger partial charge in [-0.05, 0) is 37.1 Å². The predicted octanol–water partition coefficient (Wildman–Crippen LogP) is 2.37. The summed E-state index contributed by atoms with van der Waals surface area (Å²) in [4.78, 5) is 11.9. The van der Waals surface area contributed by atoms with Crippen molar-refractivity contribution in [3.05, 3.63) is 24.3 Å². The molecule has 0 aliphatic carbocycles. The molecule has 0 saturated carbocycles. The lowest BCUT2D eigenvalue weighted by Crippen LogP contribution is -2.46. The van der Waals surface area contributed by atoms with Gasteiger partial charge in [0.1, 0.15) is 17.6 Å². The third-order valence-corrected chi connectivity index (χ3v) is 3.52. The maximum Gasteiger partial charge on any atom is 0.237 e. The van der Waals surface area contributed by atoms with Crippen LogP contribution in [0, 0.1) is 5.92 Å². The number of benzene rings is 1. The van der Waals surface area contributed by atoms with Gasteiger partial charge in [0, 0.05) is 0 Å². The molecule has 0 saturated heterocycles. The van der Waals surface area contributed by atoms with Gasteiger partial charge in [-0.25, -0.2) is 0 Å². The van der Waals surface area contributed by atoms with Crippen LogP contribution in [0.4, 0.5) is 0 Å². The first kappa shape index (κ1) is 20.5. The van der Waals surface area contributed by atoms with E-state index < -0.39 is 6.04 Å². The van der Waals surface area contributed by atoms with Crippen LogP contribution in [0.3, 0.4) is 0 Å². The van der Waals surface area contributed by atoms with Crippen molar-refractivity contribution in [2.75, 3.05) is 13.7 Å². The number of amides is 1. The smallest absolute Gasteiger partial charge is 0.237 e. The minimum atomic E-state index is -0.469. The molecule has 0 aromatic heterocycles. The standard InChI is InChI=1S/C16H26N2O3.ClH/c1-5-11(2)15(17)16(19)18-10-12(3)21-14-8-6-13(20-4)7-9-14;/h6-9,11-12,15H,5,10,17H2,1-4H3,(H,18,19);1H. The second-order valence-corrected chi connectivity index (χ2v) is 5.26. The van der Waals surface area contributed by atoms with Crippen molar-refractivity contribution in [3.8, 4) is 11.5 Å². The molecule has 0 spiro atoms. The fourth-order valence-corrected chi connectivity index (χ4v) is 1.80. The molecule has 22 heavy (non-hydrogen) atoms. The van der Waals surface area contributed by atoms with E-state index >= 15 is 0 Å². The van der Waals surface area contributed by atoms with Crippen molar-refractivity contribution in [1.82, 2.24) is 5.32 Å². The van der Waals surface area contributed by atoms with Crippen molar-refractivity contribution in [2.45, 2.75) is 39.3 Å². The number of methoxy groups -OCH3 is 1. The molecule has 0 fully saturated rings. The van der Waals surface area contributed by atoms with Crippen LogP contribution in [-0.4, -0.2) is 31.7 Å². The summed E-state index contributed by atoms with van der Waals surface area (Å²) in [7, 11) is 1.62. The van der Waals surface area contributed by atoms with Crippen molar-refractivity contribution >= 4 is 18.3 Å². The van der Waals surface area contributed by atoms with Crippen LogP contribution in [-0.2, 0) is 4.79 Å². The molecule has 0 aliphatic heterocycles. The van der Waals surface area contributed by atoms with Crippen molar-refractivity contribution in [1.29, 1.82) is 0 Å². The first-order valence-electron chi connectivity index (χ1n) is 7.31. The van der Waals surface area contributed by atoms with Gasteiger partial charge in [-0.1, -0.05) is 20.3 Å². The van der Waals surface area contributed by atoms with Crippen LogP contribution in [0.25, 0.3) is 0 Å². The molecule has 1 aromatic carbocycles. The number of halogens is 1. The van der Waals surface area contributed by atoms with Gasteiger partial charge < -0.3 is 20.5 Å². The largest absolute Gasteiger partial charge is 0.497 e. The highest BCUT2D eigenvalue weighted by atomic mass is 35.5. The van der Waals surface area contributed by atoms with E-state index in [1.165, 1.54) is 0 Å². The van der Waals surface area contributed by atoms with Gasteiger partial charge in [-0.15, -0.1) is 12.4 Å². The van der Waals surface area contributed by atoms with Gasteiger partial charge in [0.15, 0.2) is 0 Å². The fourth-order valence-electron chi connectivity index (χ4n) is 1.80. The zero-order valence-corrected chi connectivity index (χ0v) is 14.5. The van der Waals surface area contributed by atoms with E-state index in [1.54, 1.807) is 7.11 Å². The molecule has 3 atom stereocenters. The van der Waals surface area contributed by atoms with Crippen LogP contribution < -0.4 is 20.5 Å². The zero-order chi connectivity index (χ0) is 15.8. The maximum atomic E-state index is 11.9. The number of nitrogens with one attached hydrogen (secondary N) is 1. The lowest BCUT2D eigenvalue weighted by molar-refractivity contribution is -0.123. The van der Waals surface area contributed by atoms with E-state index in [2.05, 4.69) is 5.32 Å². The molecule has 0 aliphatic rings. The quantitative estimate of drug-likeness (QED) is 0.767. The molecular formula is C16H27ClN2O3. The first-order chi connectivity index (χ1) is 9.97. The summed E-state index contributed by atoms with van der Waals surface area (Å²) < 4.78 is 10.8. The Kier molecular flexibility index (Phi) is 9.61. The summed E-state index contributed by atoms with van der Waals surface area (Å²) in [5.74, 6) is 1.56. The van der Waals surface area contributed by atoms with E-state index in [9.17, 15) is 4.79 Å². The fraction of sp³-hybridized carbons (Fsp3) is 0.562. The number of hydrogen-bond acceptors (Lipinski definition) is 4. The van der Waals surface area contributed by atoms with Crippen LogP contribution in [0.1, 0.15) is 27.2 Å². The summed E-state index contributed by atoms with van der Waals surface area (Å²) in [5, 5.41) is 2.83. The normalized spacial score (nSPS) is 14.2. The van der Waals surface area contributed by atoms with Gasteiger partial charge in [0.25, 0.3) is 0 Å². The molecule has 126 valence electrons. The van der Waals surface area contributed by atoms with Crippen molar-refractivity contribution in [3.63, 3.8) is 0 Å². The number of nitrogens with two attached hydrogens (primary N) is 1. The molecule has 3 N–H and O–H groups in total. The molecule has 1 rings (SSSR count). The van der Waals surface area contributed by atoms with Gasteiger partial charge >= 0.3 is 0 Å². The van der Waals surface area contributed by atoms with E-state index in [-0.39, 0.29) is 30.3 Å². The van der Waals surface area contributed by atoms with Gasteiger partial charge in [0.05, 0.1) is 19.7 Å². The van der Waals surface area contributed by atoms with E-state index in [0.29, 0.717) is 6.54 Å². The van der Waals surface area contributed by atoms with Crippen molar-refractivity contribution < 1.29 is 14.3 Å². The Morgan fingerprint density at radius 2 is 1.77 bits per heavy atom. The molecule has 1 amide bonds. The topological polar surface area (TPSA) is 73.6 Å². The highest BCUT2D eigenvalue weighted by Crippen LogP contribution is 2.18. The summed E-state index contributed by atoms with van der Waals surface area (Å²) in [5.41, 5.74) is 5.88. The third-order valence-electron chi connectivity index (χ3n) is 3.52. The highest BCUT2D eigenvalue weighted by molar-refractivity contribution is 5.85. The number of rotatable bonds is 8. The Morgan fingerprint density at radius 3 is 2.27 bits per heavy atom. The summed E-state index contributed by atoms with van der Waals surface area (Å²) in [6.45, 7) is 6.32.